The molecule has 3 N–H and O–H groups in total. The number of fused-ring (bicyclic) bond motifs is 3. The minimum absolute atomic E-state index is 0.375. The molecule has 2 fully saturated rings. The van der Waals surface area contributed by atoms with Gasteiger partial charge in [0.2, 0.25) is 5.95 Å². The molecule has 3 aromatic rings. The van der Waals surface area contributed by atoms with Crippen LogP contribution in [-0.2, 0) is 0 Å². The molecule has 2 bridgehead atoms. The quantitative estimate of drug-likeness (QED) is 0.593. The summed E-state index contributed by atoms with van der Waals surface area (Å²) in [6, 6.07) is 9.72. The van der Waals surface area contributed by atoms with Crippen molar-refractivity contribution in [2.24, 2.45) is 0 Å². The van der Waals surface area contributed by atoms with Crippen LogP contribution in [0.2, 0.25) is 0 Å². The van der Waals surface area contributed by atoms with E-state index >= 15 is 0 Å². The van der Waals surface area contributed by atoms with Gasteiger partial charge in [-0.2, -0.15) is 15.3 Å². The summed E-state index contributed by atoms with van der Waals surface area (Å²) in [5.41, 5.74) is 1.94. The van der Waals surface area contributed by atoms with Crippen molar-refractivity contribution in [3.8, 4) is 6.07 Å². The Hall–Kier alpha value is -3.12. The van der Waals surface area contributed by atoms with E-state index in [1.54, 1.807) is 0 Å². The topological polar surface area (TPSA) is 110 Å². The summed E-state index contributed by atoms with van der Waals surface area (Å²) >= 11 is 0. The van der Waals surface area contributed by atoms with E-state index in [9.17, 15) is 0 Å². The Morgan fingerprint density at radius 1 is 1.31 bits per heavy atom. The number of nitrogens with zero attached hydrogens (tertiary/aromatic N) is 6. The minimum Gasteiger partial charge on any atom is -0.365 e. The van der Waals surface area contributed by atoms with Gasteiger partial charge in [0.15, 0.2) is 11.6 Å². The van der Waals surface area contributed by atoms with Crippen LogP contribution < -0.4 is 10.6 Å². The Bertz CT molecular complexity index is 1030. The highest BCUT2D eigenvalue weighted by atomic mass is 15.3. The molecule has 0 aromatic carbocycles. The number of anilines is 3. The molecule has 3 aromatic heterocycles. The molecule has 5 rings (SSSR count). The summed E-state index contributed by atoms with van der Waals surface area (Å²) in [5.74, 6) is 2.05. The summed E-state index contributed by atoms with van der Waals surface area (Å²) in [6.45, 7) is 2.85. The van der Waals surface area contributed by atoms with Crippen molar-refractivity contribution in [2.75, 3.05) is 17.2 Å². The molecule has 0 aliphatic carbocycles. The zero-order valence-corrected chi connectivity index (χ0v) is 16.5. The van der Waals surface area contributed by atoms with Gasteiger partial charge in [-0.05, 0) is 44.7 Å². The largest absolute Gasteiger partial charge is 0.365 e. The number of hydrogen-bond acceptors (Lipinski definition) is 7. The Morgan fingerprint density at radius 3 is 2.86 bits per heavy atom. The Balaban J connectivity index is 1.35. The molecule has 2 saturated heterocycles. The molecule has 2 unspecified atom stereocenters. The van der Waals surface area contributed by atoms with Crippen LogP contribution in [0, 0.1) is 18.3 Å². The Kier molecular flexibility index (Phi) is 4.56. The summed E-state index contributed by atoms with van der Waals surface area (Å²) in [7, 11) is 0. The number of aryl methyl sites for hydroxylation is 1. The average molecular weight is 391 g/mol. The van der Waals surface area contributed by atoms with Crippen LogP contribution in [-0.4, -0.2) is 54.4 Å². The number of piperidine rings is 1. The van der Waals surface area contributed by atoms with E-state index < -0.39 is 0 Å². The molecule has 9 heteroatoms. The van der Waals surface area contributed by atoms with Crippen LogP contribution in [0.1, 0.15) is 37.8 Å². The zero-order chi connectivity index (χ0) is 19.8. The third-order valence-electron chi connectivity index (χ3n) is 6.04. The molecule has 150 valence electrons. The normalized spacial score (nSPS) is 23.9. The van der Waals surface area contributed by atoms with E-state index in [1.807, 2.05) is 35.8 Å². The fourth-order valence-electron chi connectivity index (χ4n) is 4.82. The number of hydrogen-bond donors (Lipinski definition) is 3. The SMILES string of the molecule is Cc1cc(Nc2nc(NC3CC4CCC(C3)N4CCC#N)c3cccn3n2)n[nH]1. The van der Waals surface area contributed by atoms with Crippen molar-refractivity contribution in [3.05, 3.63) is 30.1 Å². The number of aromatic amines is 1. The first-order valence-corrected chi connectivity index (χ1v) is 10.2. The molecule has 0 amide bonds. The molecular weight excluding hydrogens is 366 g/mol. The minimum atomic E-state index is 0.375. The predicted octanol–water partition coefficient (Wildman–Crippen LogP) is 2.83. The van der Waals surface area contributed by atoms with Crippen molar-refractivity contribution in [1.82, 2.24) is 29.7 Å². The second-order valence-corrected chi connectivity index (χ2v) is 8.03. The second kappa shape index (κ2) is 7.37. The lowest BCUT2D eigenvalue weighted by Crippen LogP contribution is -2.47. The summed E-state index contributed by atoms with van der Waals surface area (Å²) in [6.07, 6.45) is 7.16. The van der Waals surface area contributed by atoms with Crippen molar-refractivity contribution in [1.29, 1.82) is 5.26 Å². The lowest BCUT2D eigenvalue weighted by molar-refractivity contribution is 0.136. The molecular formula is C20H25N9. The fourth-order valence-corrected chi connectivity index (χ4v) is 4.82. The second-order valence-electron chi connectivity index (χ2n) is 8.03. The van der Waals surface area contributed by atoms with E-state index in [4.69, 9.17) is 10.2 Å². The predicted molar refractivity (Wildman–Crippen MR) is 110 cm³/mol. The van der Waals surface area contributed by atoms with Gasteiger partial charge in [0.1, 0.15) is 5.52 Å². The number of H-pyrrole nitrogens is 1. The molecule has 0 saturated carbocycles. The number of nitriles is 1. The van der Waals surface area contributed by atoms with E-state index in [1.165, 1.54) is 12.8 Å². The van der Waals surface area contributed by atoms with Gasteiger partial charge in [0, 0.05) is 49.0 Å². The summed E-state index contributed by atoms with van der Waals surface area (Å²) in [4.78, 5) is 7.29. The molecule has 2 atom stereocenters. The molecule has 0 spiro atoms. The van der Waals surface area contributed by atoms with Crippen molar-refractivity contribution in [3.63, 3.8) is 0 Å². The average Bonchev–Trinajstić information content (AvgIpc) is 3.39. The van der Waals surface area contributed by atoms with Crippen LogP contribution in [0.4, 0.5) is 17.6 Å². The maximum atomic E-state index is 8.93. The molecule has 9 nitrogen and oxygen atoms in total. The first-order chi connectivity index (χ1) is 14.2. The molecule has 2 aliphatic rings. The molecule has 0 radical (unpaired) electrons. The smallest absolute Gasteiger partial charge is 0.248 e. The standard InChI is InChI=1S/C20H25N9/c1-13-10-18(26-25-13)23-20-24-19(17-4-2-9-29(17)27-20)22-14-11-15-5-6-16(12-14)28(15)8-3-7-21/h2,4,9-10,14-16H,3,5-6,8,11-12H2,1H3,(H3,22,23,24,25,26,27). The number of rotatable bonds is 6. The van der Waals surface area contributed by atoms with E-state index in [-0.39, 0.29) is 0 Å². The maximum absolute atomic E-state index is 8.93. The highest BCUT2D eigenvalue weighted by Crippen LogP contribution is 2.37. The third kappa shape index (κ3) is 3.51. The van der Waals surface area contributed by atoms with E-state index in [0.717, 1.165) is 36.4 Å². The van der Waals surface area contributed by atoms with E-state index in [0.29, 0.717) is 36.3 Å². The van der Waals surface area contributed by atoms with Crippen LogP contribution in [0.25, 0.3) is 5.52 Å². The Labute approximate surface area is 169 Å². The highest BCUT2D eigenvalue weighted by Gasteiger charge is 2.40. The first kappa shape index (κ1) is 17.9. The van der Waals surface area contributed by atoms with Crippen LogP contribution in [0.5, 0.6) is 0 Å². The summed E-state index contributed by atoms with van der Waals surface area (Å²) in [5, 5.41) is 27.5. The molecule has 5 heterocycles. The Morgan fingerprint density at radius 2 is 2.14 bits per heavy atom. The van der Waals surface area contributed by atoms with Gasteiger partial charge in [0.25, 0.3) is 0 Å². The van der Waals surface area contributed by atoms with Crippen molar-refractivity contribution < 1.29 is 0 Å². The van der Waals surface area contributed by atoms with Gasteiger partial charge >= 0.3 is 0 Å². The van der Waals surface area contributed by atoms with Gasteiger partial charge < -0.3 is 10.6 Å². The zero-order valence-electron chi connectivity index (χ0n) is 16.5. The van der Waals surface area contributed by atoms with Crippen molar-refractivity contribution >= 4 is 23.1 Å². The van der Waals surface area contributed by atoms with Crippen LogP contribution in [0.3, 0.4) is 0 Å². The van der Waals surface area contributed by atoms with Gasteiger partial charge in [-0.15, -0.1) is 5.10 Å². The van der Waals surface area contributed by atoms with E-state index in [2.05, 4.69) is 36.9 Å². The number of aromatic nitrogens is 5. The molecule has 2 aliphatic heterocycles. The fraction of sp³-hybridized carbons (Fsp3) is 0.500. The third-order valence-corrected chi connectivity index (χ3v) is 6.04. The first-order valence-electron chi connectivity index (χ1n) is 10.2. The van der Waals surface area contributed by atoms with Gasteiger partial charge in [0.05, 0.1) is 6.07 Å². The van der Waals surface area contributed by atoms with Gasteiger partial charge in [-0.3, -0.25) is 10.00 Å². The molecule has 29 heavy (non-hydrogen) atoms. The lowest BCUT2D eigenvalue weighted by Gasteiger charge is -2.39. The maximum Gasteiger partial charge on any atom is 0.248 e. The van der Waals surface area contributed by atoms with Crippen LogP contribution in [0.15, 0.2) is 24.4 Å². The lowest BCUT2D eigenvalue weighted by atomic mass is 9.97. The van der Waals surface area contributed by atoms with Gasteiger partial charge in [-0.25, -0.2) is 4.52 Å². The van der Waals surface area contributed by atoms with Crippen LogP contribution >= 0.6 is 0 Å². The van der Waals surface area contributed by atoms with Crippen molar-refractivity contribution in [2.45, 2.75) is 57.2 Å². The summed E-state index contributed by atoms with van der Waals surface area (Å²) < 4.78 is 1.84. The monoisotopic (exact) mass is 391 g/mol. The number of nitrogens with one attached hydrogen (secondary N) is 3. The highest BCUT2D eigenvalue weighted by molar-refractivity contribution is 5.69. The van der Waals surface area contributed by atoms with Gasteiger partial charge in [-0.1, -0.05) is 0 Å².